The normalized spacial score (nSPS) is 12.5. The van der Waals surface area contributed by atoms with Crippen LogP contribution in [0.25, 0.3) is 0 Å². The molecule has 0 saturated carbocycles. The summed E-state index contributed by atoms with van der Waals surface area (Å²) in [5, 5.41) is 9.41. The molecule has 0 heterocycles. The van der Waals surface area contributed by atoms with Gasteiger partial charge in [0.1, 0.15) is 11.5 Å². The highest BCUT2D eigenvalue weighted by Gasteiger charge is 2.10. The minimum Gasteiger partial charge on any atom is -0.508 e. The Morgan fingerprint density at radius 3 is 2.31 bits per heavy atom. The van der Waals surface area contributed by atoms with Crippen molar-refractivity contribution in [1.29, 1.82) is 0 Å². The molecule has 16 heavy (non-hydrogen) atoms. The lowest BCUT2D eigenvalue weighted by Gasteiger charge is -2.12. The van der Waals surface area contributed by atoms with Crippen molar-refractivity contribution in [3.8, 4) is 5.75 Å². The van der Waals surface area contributed by atoms with Gasteiger partial charge in [-0.25, -0.2) is 0 Å². The second-order valence-corrected chi connectivity index (χ2v) is 4.31. The monoisotopic (exact) mass is 221 g/mol. The van der Waals surface area contributed by atoms with E-state index < -0.39 is 0 Å². The summed E-state index contributed by atoms with van der Waals surface area (Å²) in [6.45, 7) is 5.43. The molecule has 88 valence electrons. The first-order valence-electron chi connectivity index (χ1n) is 5.47. The Morgan fingerprint density at radius 1 is 1.38 bits per heavy atom. The third-order valence-corrected chi connectivity index (χ3v) is 2.91. The van der Waals surface area contributed by atoms with Gasteiger partial charge in [0.15, 0.2) is 0 Å². The zero-order valence-corrected chi connectivity index (χ0v) is 10.1. The average Bonchev–Trinajstić information content (AvgIpc) is 2.15. The summed E-state index contributed by atoms with van der Waals surface area (Å²) in [4.78, 5) is 11.0. The molecule has 0 radical (unpaired) electrons. The summed E-state index contributed by atoms with van der Waals surface area (Å²) < 4.78 is 0. The van der Waals surface area contributed by atoms with E-state index >= 15 is 0 Å². The predicted molar refractivity (Wildman–Crippen MR) is 64.6 cm³/mol. The summed E-state index contributed by atoms with van der Waals surface area (Å²) in [7, 11) is 0. The number of phenolic OH excluding ortho intramolecular Hbond substituents is 1. The fourth-order valence-electron chi connectivity index (χ4n) is 1.87. The number of nitrogens with two attached hydrogens (primary N) is 1. The molecular formula is C13H19NO2. The lowest BCUT2D eigenvalue weighted by molar-refractivity contribution is -0.118. The molecule has 0 aliphatic rings. The highest BCUT2D eigenvalue weighted by atomic mass is 16.3. The van der Waals surface area contributed by atoms with Gasteiger partial charge in [-0.3, -0.25) is 4.79 Å². The van der Waals surface area contributed by atoms with Gasteiger partial charge in [-0.05, 0) is 62.4 Å². The molecule has 3 N–H and O–H groups in total. The summed E-state index contributed by atoms with van der Waals surface area (Å²) in [6, 6.07) is 3.09. The highest BCUT2D eigenvalue weighted by Crippen LogP contribution is 2.22. The molecule has 1 rings (SSSR count). The van der Waals surface area contributed by atoms with Crippen LogP contribution in [0.5, 0.6) is 5.75 Å². The number of aromatic hydroxyl groups is 1. The van der Waals surface area contributed by atoms with Crippen molar-refractivity contribution in [3.63, 3.8) is 0 Å². The van der Waals surface area contributed by atoms with Crippen LogP contribution in [0.4, 0.5) is 0 Å². The summed E-state index contributed by atoms with van der Waals surface area (Å²) >= 11 is 0. The van der Waals surface area contributed by atoms with E-state index in [0.717, 1.165) is 17.5 Å². The average molecular weight is 221 g/mol. The first kappa shape index (κ1) is 12.7. The van der Waals surface area contributed by atoms with Crippen molar-refractivity contribution < 1.29 is 9.90 Å². The van der Waals surface area contributed by atoms with Gasteiger partial charge in [-0.15, -0.1) is 0 Å². The van der Waals surface area contributed by atoms with Crippen molar-refractivity contribution in [3.05, 3.63) is 28.8 Å². The predicted octanol–water partition coefficient (Wildman–Crippen LogP) is 1.86. The maximum atomic E-state index is 11.0. The van der Waals surface area contributed by atoms with E-state index in [1.807, 2.05) is 13.8 Å². The number of ketones is 1. The number of aryl methyl sites for hydroxylation is 2. The van der Waals surface area contributed by atoms with Crippen LogP contribution in [0.1, 0.15) is 30.0 Å². The Hall–Kier alpha value is -1.35. The minimum atomic E-state index is -0.382. The second-order valence-electron chi connectivity index (χ2n) is 4.31. The number of benzene rings is 1. The van der Waals surface area contributed by atoms with E-state index in [1.54, 1.807) is 12.1 Å². The Balaban J connectivity index is 2.78. The molecule has 0 aliphatic heterocycles. The molecule has 0 aliphatic carbocycles. The van der Waals surface area contributed by atoms with E-state index in [9.17, 15) is 9.90 Å². The minimum absolute atomic E-state index is 0.0223. The van der Waals surface area contributed by atoms with Crippen LogP contribution in [-0.4, -0.2) is 16.9 Å². The van der Waals surface area contributed by atoms with Crippen molar-refractivity contribution in [2.24, 2.45) is 5.73 Å². The van der Waals surface area contributed by atoms with Crippen LogP contribution >= 0.6 is 0 Å². The maximum Gasteiger partial charge on any atom is 0.146 e. The quantitative estimate of drug-likeness (QED) is 0.815. The summed E-state index contributed by atoms with van der Waals surface area (Å²) in [6.07, 6.45) is 1.43. The number of rotatable bonds is 4. The lowest BCUT2D eigenvalue weighted by atomic mass is 9.95. The Bertz CT molecular complexity index is 376. The molecule has 1 aromatic carbocycles. The van der Waals surface area contributed by atoms with Gasteiger partial charge in [0.2, 0.25) is 0 Å². The third kappa shape index (κ3) is 3.07. The fraction of sp³-hybridized carbons (Fsp3) is 0.462. The molecule has 0 bridgehead atoms. The van der Waals surface area contributed by atoms with Crippen molar-refractivity contribution in [2.45, 2.75) is 39.7 Å². The fourth-order valence-corrected chi connectivity index (χ4v) is 1.87. The standard InChI is InChI=1S/C13H19NO2/c1-8-6-11(16)7-9(2)12(8)4-5-13(14)10(3)15/h6-7,13,16H,4-5,14H2,1-3H3/t13-/m0/s1. The SMILES string of the molecule is CC(=O)[C@@H](N)CCc1c(C)cc(O)cc1C. The summed E-state index contributed by atoms with van der Waals surface area (Å²) in [5.74, 6) is 0.309. The molecule has 3 nitrogen and oxygen atoms in total. The number of carbonyl (C=O) groups is 1. The topological polar surface area (TPSA) is 63.3 Å². The molecule has 0 fully saturated rings. The number of hydrogen-bond acceptors (Lipinski definition) is 3. The van der Waals surface area contributed by atoms with Crippen molar-refractivity contribution in [2.75, 3.05) is 0 Å². The third-order valence-electron chi connectivity index (χ3n) is 2.91. The number of hydrogen-bond donors (Lipinski definition) is 2. The first-order chi connectivity index (χ1) is 7.41. The van der Waals surface area contributed by atoms with E-state index in [4.69, 9.17) is 5.73 Å². The Morgan fingerprint density at radius 2 is 1.88 bits per heavy atom. The molecule has 0 saturated heterocycles. The smallest absolute Gasteiger partial charge is 0.146 e. The molecule has 1 aromatic rings. The van der Waals surface area contributed by atoms with Crippen LogP contribution in [0.2, 0.25) is 0 Å². The molecule has 0 unspecified atom stereocenters. The van der Waals surface area contributed by atoms with E-state index in [1.165, 1.54) is 12.5 Å². The molecular weight excluding hydrogens is 202 g/mol. The second kappa shape index (κ2) is 5.12. The van der Waals surface area contributed by atoms with Gasteiger partial charge in [-0.1, -0.05) is 0 Å². The van der Waals surface area contributed by atoms with Gasteiger partial charge < -0.3 is 10.8 Å². The van der Waals surface area contributed by atoms with Crippen LogP contribution in [0.3, 0.4) is 0 Å². The number of Topliss-reactive ketones (excluding diaryl/α,β-unsaturated/α-hetero) is 1. The molecule has 3 heteroatoms. The maximum absolute atomic E-state index is 11.0. The van der Waals surface area contributed by atoms with Gasteiger partial charge in [0.25, 0.3) is 0 Å². The van der Waals surface area contributed by atoms with E-state index in [0.29, 0.717) is 6.42 Å². The first-order valence-corrected chi connectivity index (χ1v) is 5.47. The Kier molecular flexibility index (Phi) is 4.07. The molecule has 0 amide bonds. The zero-order chi connectivity index (χ0) is 12.3. The molecule has 1 atom stereocenters. The van der Waals surface area contributed by atoms with Crippen molar-refractivity contribution >= 4 is 5.78 Å². The highest BCUT2D eigenvalue weighted by molar-refractivity contribution is 5.81. The Labute approximate surface area is 96.3 Å². The van der Waals surface area contributed by atoms with Crippen LogP contribution < -0.4 is 5.73 Å². The van der Waals surface area contributed by atoms with E-state index in [2.05, 4.69) is 0 Å². The van der Waals surface area contributed by atoms with E-state index in [-0.39, 0.29) is 17.6 Å². The lowest BCUT2D eigenvalue weighted by Crippen LogP contribution is -2.28. The molecule has 0 aromatic heterocycles. The van der Waals surface area contributed by atoms with Gasteiger partial charge >= 0.3 is 0 Å². The van der Waals surface area contributed by atoms with Gasteiger partial charge in [-0.2, -0.15) is 0 Å². The number of phenols is 1. The largest absolute Gasteiger partial charge is 0.508 e. The van der Waals surface area contributed by atoms with Crippen LogP contribution in [0, 0.1) is 13.8 Å². The van der Waals surface area contributed by atoms with Crippen LogP contribution in [0.15, 0.2) is 12.1 Å². The van der Waals surface area contributed by atoms with Crippen LogP contribution in [-0.2, 0) is 11.2 Å². The molecule has 0 spiro atoms. The van der Waals surface area contributed by atoms with Crippen molar-refractivity contribution in [1.82, 2.24) is 0 Å². The van der Waals surface area contributed by atoms with Gasteiger partial charge in [0.05, 0.1) is 6.04 Å². The summed E-state index contributed by atoms with van der Waals surface area (Å²) in [5.41, 5.74) is 8.97. The van der Waals surface area contributed by atoms with Gasteiger partial charge in [0, 0.05) is 0 Å². The number of carbonyl (C=O) groups excluding carboxylic acids is 1. The zero-order valence-electron chi connectivity index (χ0n) is 10.1.